The summed E-state index contributed by atoms with van der Waals surface area (Å²) < 4.78 is 6.41. The lowest BCUT2D eigenvalue weighted by atomic mass is 9.83. The van der Waals surface area contributed by atoms with Crippen molar-refractivity contribution in [3.63, 3.8) is 0 Å². The first kappa shape index (κ1) is 13.7. The van der Waals surface area contributed by atoms with E-state index in [0.29, 0.717) is 12.0 Å². The fourth-order valence-corrected chi connectivity index (χ4v) is 3.94. The largest absolute Gasteiger partial charge is 0.372 e. The van der Waals surface area contributed by atoms with Crippen LogP contribution in [0.4, 0.5) is 0 Å². The van der Waals surface area contributed by atoms with Crippen molar-refractivity contribution in [2.45, 2.75) is 82.8 Å². The summed E-state index contributed by atoms with van der Waals surface area (Å²) in [5.41, 5.74) is 0.284. The SMILES string of the molecule is CCCC(CCl)CC1CCC2(CCCCC2)O1. The molecule has 1 saturated carbocycles. The maximum atomic E-state index is 6.41. The number of ether oxygens (including phenoxy) is 1. The second-order valence-corrected chi connectivity index (χ2v) is 6.38. The van der Waals surface area contributed by atoms with Gasteiger partial charge in [0.05, 0.1) is 11.7 Å². The van der Waals surface area contributed by atoms with Crippen LogP contribution in [-0.2, 0) is 4.74 Å². The monoisotopic (exact) mass is 258 g/mol. The highest BCUT2D eigenvalue weighted by Crippen LogP contribution is 2.43. The molecule has 2 unspecified atom stereocenters. The summed E-state index contributed by atoms with van der Waals surface area (Å²) >= 11 is 6.05. The van der Waals surface area contributed by atoms with E-state index in [2.05, 4.69) is 6.92 Å². The Kier molecular flexibility index (Phi) is 5.17. The van der Waals surface area contributed by atoms with Gasteiger partial charge in [0, 0.05) is 5.88 Å². The Morgan fingerprint density at radius 3 is 2.65 bits per heavy atom. The maximum Gasteiger partial charge on any atom is 0.0687 e. The van der Waals surface area contributed by atoms with Crippen molar-refractivity contribution in [1.82, 2.24) is 0 Å². The molecule has 0 aromatic rings. The van der Waals surface area contributed by atoms with Gasteiger partial charge in [-0.15, -0.1) is 11.6 Å². The molecule has 0 aromatic heterocycles. The quantitative estimate of drug-likeness (QED) is 0.637. The van der Waals surface area contributed by atoms with Gasteiger partial charge in [0.15, 0.2) is 0 Å². The van der Waals surface area contributed by atoms with E-state index in [1.807, 2.05) is 0 Å². The third-order valence-electron chi connectivity index (χ3n) is 4.61. The first-order chi connectivity index (χ1) is 8.28. The van der Waals surface area contributed by atoms with E-state index in [4.69, 9.17) is 16.3 Å². The molecule has 2 fully saturated rings. The van der Waals surface area contributed by atoms with Gasteiger partial charge < -0.3 is 4.74 Å². The topological polar surface area (TPSA) is 9.23 Å². The summed E-state index contributed by atoms with van der Waals surface area (Å²) in [7, 11) is 0. The molecule has 1 nitrogen and oxygen atoms in total. The van der Waals surface area contributed by atoms with Gasteiger partial charge in [0.2, 0.25) is 0 Å². The minimum Gasteiger partial charge on any atom is -0.372 e. The first-order valence-electron chi connectivity index (χ1n) is 7.52. The third-order valence-corrected chi connectivity index (χ3v) is 5.05. The summed E-state index contributed by atoms with van der Waals surface area (Å²) in [4.78, 5) is 0. The molecule has 100 valence electrons. The van der Waals surface area contributed by atoms with Crippen LogP contribution in [0.2, 0.25) is 0 Å². The van der Waals surface area contributed by atoms with Crippen LogP contribution in [0.15, 0.2) is 0 Å². The van der Waals surface area contributed by atoms with E-state index in [1.54, 1.807) is 0 Å². The molecule has 1 spiro atoms. The smallest absolute Gasteiger partial charge is 0.0687 e. The van der Waals surface area contributed by atoms with Gasteiger partial charge in [-0.2, -0.15) is 0 Å². The molecule has 2 aliphatic rings. The minimum atomic E-state index is 0.284. The number of halogens is 1. The first-order valence-corrected chi connectivity index (χ1v) is 8.05. The second-order valence-electron chi connectivity index (χ2n) is 6.07. The van der Waals surface area contributed by atoms with Crippen molar-refractivity contribution in [1.29, 1.82) is 0 Å². The standard InChI is InChI=1S/C15H27ClO/c1-2-6-13(12-16)11-14-7-10-15(17-14)8-4-3-5-9-15/h13-14H,2-12H2,1H3. The second kappa shape index (κ2) is 6.43. The number of alkyl halides is 1. The molecule has 0 bridgehead atoms. The Balaban J connectivity index is 1.80. The van der Waals surface area contributed by atoms with Gasteiger partial charge in [0.25, 0.3) is 0 Å². The van der Waals surface area contributed by atoms with Gasteiger partial charge >= 0.3 is 0 Å². The number of hydrogen-bond donors (Lipinski definition) is 0. The Morgan fingerprint density at radius 1 is 1.24 bits per heavy atom. The highest BCUT2D eigenvalue weighted by Gasteiger charge is 2.40. The van der Waals surface area contributed by atoms with Gasteiger partial charge in [-0.3, -0.25) is 0 Å². The Hall–Kier alpha value is 0.250. The summed E-state index contributed by atoms with van der Waals surface area (Å²) in [6.45, 7) is 2.25. The summed E-state index contributed by atoms with van der Waals surface area (Å²) in [6.07, 6.45) is 13.6. The van der Waals surface area contributed by atoms with Crippen LogP contribution in [0.3, 0.4) is 0 Å². The Labute approximate surface area is 111 Å². The van der Waals surface area contributed by atoms with Crippen LogP contribution >= 0.6 is 11.6 Å². The summed E-state index contributed by atoms with van der Waals surface area (Å²) in [5.74, 6) is 1.48. The number of hydrogen-bond acceptors (Lipinski definition) is 1. The van der Waals surface area contributed by atoms with Gasteiger partial charge in [-0.05, 0) is 44.4 Å². The lowest BCUT2D eigenvalue weighted by Crippen LogP contribution is -2.32. The van der Waals surface area contributed by atoms with Crippen LogP contribution in [-0.4, -0.2) is 17.6 Å². The predicted octanol–water partition coefficient (Wildman–Crippen LogP) is 4.91. The lowest BCUT2D eigenvalue weighted by Gasteiger charge is -2.33. The fourth-order valence-electron chi connectivity index (χ4n) is 3.66. The molecule has 2 atom stereocenters. The highest BCUT2D eigenvalue weighted by atomic mass is 35.5. The van der Waals surface area contributed by atoms with Crippen LogP contribution in [0.5, 0.6) is 0 Å². The van der Waals surface area contributed by atoms with Crippen molar-refractivity contribution >= 4 is 11.6 Å². The van der Waals surface area contributed by atoms with Crippen molar-refractivity contribution < 1.29 is 4.74 Å². The van der Waals surface area contributed by atoms with Crippen LogP contribution in [0.1, 0.15) is 71.1 Å². The third kappa shape index (κ3) is 3.61. The van der Waals surface area contributed by atoms with E-state index < -0.39 is 0 Å². The van der Waals surface area contributed by atoms with Crippen LogP contribution in [0.25, 0.3) is 0 Å². The normalized spacial score (nSPS) is 29.6. The van der Waals surface area contributed by atoms with Gasteiger partial charge in [0.1, 0.15) is 0 Å². The summed E-state index contributed by atoms with van der Waals surface area (Å²) in [6, 6.07) is 0. The van der Waals surface area contributed by atoms with E-state index in [-0.39, 0.29) is 5.60 Å². The van der Waals surface area contributed by atoms with E-state index in [9.17, 15) is 0 Å². The number of rotatable bonds is 5. The zero-order valence-electron chi connectivity index (χ0n) is 11.2. The molecule has 1 heterocycles. The predicted molar refractivity (Wildman–Crippen MR) is 73.7 cm³/mol. The van der Waals surface area contributed by atoms with Crippen molar-refractivity contribution in [3.8, 4) is 0 Å². The Morgan fingerprint density at radius 2 is 2.00 bits per heavy atom. The highest BCUT2D eigenvalue weighted by molar-refractivity contribution is 6.18. The molecule has 0 amide bonds. The molecule has 0 aromatic carbocycles. The zero-order valence-corrected chi connectivity index (χ0v) is 12.0. The molecule has 0 radical (unpaired) electrons. The molecule has 2 heteroatoms. The molecular weight excluding hydrogens is 232 g/mol. The molecular formula is C15H27ClO. The van der Waals surface area contributed by atoms with Crippen LogP contribution < -0.4 is 0 Å². The minimum absolute atomic E-state index is 0.284. The molecule has 1 aliphatic heterocycles. The lowest BCUT2D eigenvalue weighted by molar-refractivity contribution is -0.0693. The van der Waals surface area contributed by atoms with Crippen molar-refractivity contribution in [2.24, 2.45) is 5.92 Å². The molecule has 17 heavy (non-hydrogen) atoms. The summed E-state index contributed by atoms with van der Waals surface area (Å²) in [5, 5.41) is 0. The maximum absolute atomic E-state index is 6.41. The fraction of sp³-hybridized carbons (Fsp3) is 1.00. The average Bonchev–Trinajstić information content (AvgIpc) is 2.72. The zero-order chi connectivity index (χ0) is 12.1. The van der Waals surface area contributed by atoms with E-state index in [1.165, 1.54) is 64.2 Å². The van der Waals surface area contributed by atoms with Crippen molar-refractivity contribution in [2.75, 3.05) is 5.88 Å². The average molecular weight is 259 g/mol. The van der Waals surface area contributed by atoms with Crippen LogP contribution in [0, 0.1) is 5.92 Å². The van der Waals surface area contributed by atoms with E-state index in [0.717, 1.165) is 5.88 Å². The molecule has 2 rings (SSSR count). The Bertz CT molecular complexity index is 223. The van der Waals surface area contributed by atoms with Crippen molar-refractivity contribution in [3.05, 3.63) is 0 Å². The van der Waals surface area contributed by atoms with E-state index >= 15 is 0 Å². The molecule has 0 N–H and O–H groups in total. The molecule has 1 aliphatic carbocycles. The van der Waals surface area contributed by atoms with Gasteiger partial charge in [-0.25, -0.2) is 0 Å². The van der Waals surface area contributed by atoms with Gasteiger partial charge in [-0.1, -0.05) is 32.6 Å². The molecule has 1 saturated heterocycles.